The SMILES string of the molecule is CO[Si](CCCN[Si](C(C)C)(C(C)C)C(C)C)(OC)OC. The molecule has 0 saturated heterocycles. The Morgan fingerprint density at radius 3 is 1.43 bits per heavy atom. The van der Waals surface area contributed by atoms with Crippen molar-refractivity contribution in [2.45, 2.75) is 70.6 Å². The van der Waals surface area contributed by atoms with E-state index in [-0.39, 0.29) is 0 Å². The molecule has 0 aliphatic rings. The Hall–Kier alpha value is 0.274. The van der Waals surface area contributed by atoms with E-state index in [2.05, 4.69) is 46.5 Å². The average molecular weight is 336 g/mol. The predicted molar refractivity (Wildman–Crippen MR) is 95.3 cm³/mol. The summed E-state index contributed by atoms with van der Waals surface area (Å²) in [5.74, 6) is 0. The molecule has 0 aromatic heterocycles. The highest BCUT2D eigenvalue weighted by molar-refractivity contribution is 6.81. The first-order chi connectivity index (χ1) is 9.72. The van der Waals surface area contributed by atoms with E-state index in [0.29, 0.717) is 0 Å². The fourth-order valence-electron chi connectivity index (χ4n) is 3.78. The van der Waals surface area contributed by atoms with Gasteiger partial charge in [0.05, 0.1) is 0 Å². The Balaban J connectivity index is 4.66. The molecule has 1 N–H and O–H groups in total. The van der Waals surface area contributed by atoms with Gasteiger partial charge in [0.1, 0.15) is 8.24 Å². The van der Waals surface area contributed by atoms with Gasteiger partial charge in [0.25, 0.3) is 0 Å². The van der Waals surface area contributed by atoms with Crippen LogP contribution in [-0.2, 0) is 13.3 Å². The first-order valence-electron chi connectivity index (χ1n) is 8.12. The van der Waals surface area contributed by atoms with Crippen LogP contribution in [0, 0.1) is 0 Å². The van der Waals surface area contributed by atoms with Gasteiger partial charge < -0.3 is 18.3 Å². The van der Waals surface area contributed by atoms with Crippen LogP contribution in [0.4, 0.5) is 0 Å². The maximum absolute atomic E-state index is 5.49. The van der Waals surface area contributed by atoms with Crippen molar-refractivity contribution >= 4 is 17.0 Å². The van der Waals surface area contributed by atoms with Gasteiger partial charge in [0, 0.05) is 27.4 Å². The average Bonchev–Trinajstić information content (AvgIpc) is 2.42. The molecular weight excluding hydrogens is 298 g/mol. The minimum absolute atomic E-state index is 0.728. The second-order valence-corrected chi connectivity index (χ2v) is 15.5. The molecule has 4 nitrogen and oxygen atoms in total. The first-order valence-corrected chi connectivity index (χ1v) is 12.3. The van der Waals surface area contributed by atoms with Gasteiger partial charge in [0.2, 0.25) is 0 Å². The molecule has 128 valence electrons. The summed E-state index contributed by atoms with van der Waals surface area (Å²) in [5, 5.41) is 0. The van der Waals surface area contributed by atoms with Crippen molar-refractivity contribution in [1.82, 2.24) is 4.98 Å². The molecule has 0 heterocycles. The third kappa shape index (κ3) is 5.15. The van der Waals surface area contributed by atoms with Crippen molar-refractivity contribution in [3.8, 4) is 0 Å². The lowest BCUT2D eigenvalue weighted by Crippen LogP contribution is -2.58. The van der Waals surface area contributed by atoms with Crippen LogP contribution in [-0.4, -0.2) is 44.9 Å². The topological polar surface area (TPSA) is 39.7 Å². The fourth-order valence-corrected chi connectivity index (χ4v) is 11.3. The fraction of sp³-hybridized carbons (Fsp3) is 1.00. The Bertz CT molecular complexity index is 252. The van der Waals surface area contributed by atoms with Crippen molar-refractivity contribution < 1.29 is 13.3 Å². The van der Waals surface area contributed by atoms with Crippen LogP contribution in [0.2, 0.25) is 22.7 Å². The maximum atomic E-state index is 5.49. The summed E-state index contributed by atoms with van der Waals surface area (Å²) in [6.07, 6.45) is 1.03. The molecule has 0 rings (SSSR count). The Morgan fingerprint density at radius 1 is 0.762 bits per heavy atom. The minimum atomic E-state index is -2.42. The summed E-state index contributed by atoms with van der Waals surface area (Å²) in [6.45, 7) is 15.3. The van der Waals surface area contributed by atoms with E-state index >= 15 is 0 Å². The number of hydrogen-bond acceptors (Lipinski definition) is 4. The molecular formula is C15H37NO3Si2. The van der Waals surface area contributed by atoms with Gasteiger partial charge in [-0.2, -0.15) is 0 Å². The Kier molecular flexibility index (Phi) is 9.54. The molecule has 0 saturated carbocycles. The van der Waals surface area contributed by atoms with Gasteiger partial charge in [-0.1, -0.05) is 41.5 Å². The summed E-state index contributed by atoms with van der Waals surface area (Å²) >= 11 is 0. The number of nitrogens with one attached hydrogen (secondary N) is 1. The summed E-state index contributed by atoms with van der Waals surface area (Å²) in [5.41, 5.74) is 2.19. The zero-order valence-corrected chi connectivity index (χ0v) is 17.6. The second-order valence-electron chi connectivity index (χ2n) is 6.72. The monoisotopic (exact) mass is 335 g/mol. The van der Waals surface area contributed by atoms with Crippen molar-refractivity contribution in [3.05, 3.63) is 0 Å². The molecule has 0 fully saturated rings. The smallest absolute Gasteiger partial charge is 0.377 e. The van der Waals surface area contributed by atoms with Crippen LogP contribution in [0.1, 0.15) is 48.0 Å². The van der Waals surface area contributed by atoms with E-state index in [1.807, 2.05) is 0 Å². The van der Waals surface area contributed by atoms with Crippen molar-refractivity contribution in [2.75, 3.05) is 27.9 Å². The van der Waals surface area contributed by atoms with Crippen LogP contribution in [0.15, 0.2) is 0 Å². The van der Waals surface area contributed by atoms with E-state index in [1.165, 1.54) is 0 Å². The van der Waals surface area contributed by atoms with Crippen LogP contribution >= 0.6 is 0 Å². The second kappa shape index (κ2) is 9.42. The Morgan fingerprint density at radius 2 is 1.14 bits per heavy atom. The molecule has 0 aromatic carbocycles. The first kappa shape index (κ1) is 21.3. The molecule has 0 aliphatic heterocycles. The molecule has 0 amide bonds. The van der Waals surface area contributed by atoms with Crippen molar-refractivity contribution in [3.63, 3.8) is 0 Å². The third-order valence-corrected chi connectivity index (χ3v) is 14.3. The predicted octanol–water partition coefficient (Wildman–Crippen LogP) is 4.02. The highest BCUT2D eigenvalue weighted by atomic mass is 28.4. The van der Waals surface area contributed by atoms with Crippen LogP contribution in [0.25, 0.3) is 0 Å². The van der Waals surface area contributed by atoms with Gasteiger partial charge >= 0.3 is 8.80 Å². The van der Waals surface area contributed by atoms with Crippen LogP contribution in [0.3, 0.4) is 0 Å². The van der Waals surface area contributed by atoms with Crippen molar-refractivity contribution in [1.29, 1.82) is 0 Å². The Labute approximate surface area is 134 Å². The molecule has 0 atom stereocenters. The molecule has 0 radical (unpaired) electrons. The van der Waals surface area contributed by atoms with Gasteiger partial charge in [0.15, 0.2) is 0 Å². The van der Waals surface area contributed by atoms with E-state index < -0.39 is 17.0 Å². The summed E-state index contributed by atoms with van der Waals surface area (Å²) < 4.78 is 16.5. The molecule has 0 unspecified atom stereocenters. The van der Waals surface area contributed by atoms with Crippen molar-refractivity contribution in [2.24, 2.45) is 0 Å². The standard InChI is InChI=1S/C15H37NO3Si2/c1-13(2)21(14(3)4,15(5)6)16-11-10-12-20(17-7,18-8)19-9/h13-16H,10-12H2,1-9H3. The summed E-state index contributed by atoms with van der Waals surface area (Å²) in [7, 11) is 1.12. The van der Waals surface area contributed by atoms with Gasteiger partial charge in [-0.25, -0.2) is 0 Å². The van der Waals surface area contributed by atoms with E-state index in [4.69, 9.17) is 13.3 Å². The maximum Gasteiger partial charge on any atom is 0.500 e. The van der Waals surface area contributed by atoms with Crippen LogP contribution in [0.5, 0.6) is 0 Å². The molecule has 0 aliphatic carbocycles. The van der Waals surface area contributed by atoms with E-state index in [1.54, 1.807) is 21.3 Å². The summed E-state index contributed by atoms with van der Waals surface area (Å²) in [6, 6.07) is 0.863. The molecule has 6 heteroatoms. The number of rotatable bonds is 11. The lowest BCUT2D eigenvalue weighted by atomic mass is 10.5. The molecule has 0 bridgehead atoms. The molecule has 0 aromatic rings. The van der Waals surface area contributed by atoms with Gasteiger partial charge in [-0.15, -0.1) is 0 Å². The van der Waals surface area contributed by atoms with Crippen LogP contribution < -0.4 is 4.98 Å². The molecule has 21 heavy (non-hydrogen) atoms. The largest absolute Gasteiger partial charge is 0.500 e. The van der Waals surface area contributed by atoms with E-state index in [0.717, 1.165) is 35.6 Å². The zero-order chi connectivity index (χ0) is 16.7. The quantitative estimate of drug-likeness (QED) is 0.457. The highest BCUT2D eigenvalue weighted by Gasteiger charge is 2.43. The third-order valence-electron chi connectivity index (χ3n) is 4.89. The molecule has 0 spiro atoms. The number of hydrogen-bond donors (Lipinski definition) is 1. The van der Waals surface area contributed by atoms with E-state index in [9.17, 15) is 0 Å². The summed E-state index contributed by atoms with van der Waals surface area (Å²) in [4.78, 5) is 3.97. The lowest BCUT2D eigenvalue weighted by molar-refractivity contribution is 0.123. The normalized spacial score (nSPS) is 13.7. The highest BCUT2D eigenvalue weighted by Crippen LogP contribution is 2.39. The van der Waals surface area contributed by atoms with Gasteiger partial charge in [-0.3, -0.25) is 0 Å². The minimum Gasteiger partial charge on any atom is -0.377 e. The van der Waals surface area contributed by atoms with Gasteiger partial charge in [-0.05, 0) is 29.6 Å². The zero-order valence-electron chi connectivity index (χ0n) is 15.6. The lowest BCUT2D eigenvalue weighted by Gasteiger charge is -2.43.